The molecule has 0 aliphatic heterocycles. The molecule has 0 atom stereocenters. The van der Waals surface area contributed by atoms with Gasteiger partial charge in [0.15, 0.2) is 0 Å². The molecule has 0 aliphatic rings. The van der Waals surface area contributed by atoms with E-state index in [1.165, 1.54) is 0 Å². The van der Waals surface area contributed by atoms with E-state index in [4.69, 9.17) is 0 Å². The largest absolute Gasteiger partial charge is 0.342 e. The number of hydrogen-bond acceptors (Lipinski definition) is 3. The smallest absolute Gasteiger partial charge is 0.262 e. The predicted octanol–water partition coefficient (Wildman–Crippen LogP) is 6.28. The van der Waals surface area contributed by atoms with E-state index in [1.807, 2.05) is 60.7 Å². The van der Waals surface area contributed by atoms with Crippen molar-refractivity contribution in [2.45, 2.75) is 39.0 Å². The molecule has 0 saturated carbocycles. The van der Waals surface area contributed by atoms with Crippen molar-refractivity contribution in [3.63, 3.8) is 0 Å². The minimum Gasteiger partial charge on any atom is -0.342 e. The number of rotatable bonds is 11. The summed E-state index contributed by atoms with van der Waals surface area (Å²) in [6.45, 7) is 2.29. The molecule has 0 unspecified atom stereocenters. The van der Waals surface area contributed by atoms with Gasteiger partial charge in [-0.1, -0.05) is 49.2 Å². The van der Waals surface area contributed by atoms with Gasteiger partial charge in [-0.3, -0.25) is 14.5 Å². The standard InChI is InChI=1S/C29H32N2O3/c1-23(32)13-7-3-4-12-22-30(2)28(33)25-18-20-27(21-19-25)31(26-16-10-6-11-17-26)29(34)24-14-8-5-9-15-24/h5-6,8-11,14-21H,3-4,7,12-13,22H2,1-2H3. The molecule has 3 rings (SSSR count). The first-order valence-corrected chi connectivity index (χ1v) is 11.8. The van der Waals surface area contributed by atoms with Gasteiger partial charge in [0, 0.05) is 42.5 Å². The van der Waals surface area contributed by atoms with Gasteiger partial charge in [-0.05, 0) is 68.3 Å². The van der Waals surface area contributed by atoms with Crippen LogP contribution < -0.4 is 4.90 Å². The van der Waals surface area contributed by atoms with Gasteiger partial charge in [0.05, 0.1) is 0 Å². The van der Waals surface area contributed by atoms with E-state index in [0.717, 1.165) is 31.4 Å². The van der Waals surface area contributed by atoms with Gasteiger partial charge in [0.25, 0.3) is 11.8 Å². The van der Waals surface area contributed by atoms with Crippen LogP contribution in [0.5, 0.6) is 0 Å². The Morgan fingerprint density at radius 2 is 1.15 bits per heavy atom. The molecule has 0 aliphatic carbocycles. The Hall–Kier alpha value is -3.73. The highest BCUT2D eigenvalue weighted by Crippen LogP contribution is 2.28. The Balaban J connectivity index is 1.68. The molecule has 0 radical (unpaired) electrons. The summed E-state index contributed by atoms with van der Waals surface area (Å²) in [6.07, 6.45) is 4.45. The second kappa shape index (κ2) is 12.5. The van der Waals surface area contributed by atoms with Crippen molar-refractivity contribution < 1.29 is 14.4 Å². The van der Waals surface area contributed by atoms with E-state index in [0.29, 0.717) is 29.8 Å². The summed E-state index contributed by atoms with van der Waals surface area (Å²) in [4.78, 5) is 40.6. The van der Waals surface area contributed by atoms with Gasteiger partial charge in [-0.2, -0.15) is 0 Å². The summed E-state index contributed by atoms with van der Waals surface area (Å²) in [7, 11) is 1.81. The van der Waals surface area contributed by atoms with Crippen LogP contribution in [-0.4, -0.2) is 36.1 Å². The number of hydrogen-bond donors (Lipinski definition) is 0. The molecule has 3 aromatic rings. The van der Waals surface area contributed by atoms with E-state index in [1.54, 1.807) is 48.0 Å². The molecule has 34 heavy (non-hydrogen) atoms. The molecule has 0 fully saturated rings. The molecule has 0 saturated heterocycles. The van der Waals surface area contributed by atoms with E-state index in [2.05, 4.69) is 0 Å². The monoisotopic (exact) mass is 456 g/mol. The Morgan fingerprint density at radius 1 is 0.618 bits per heavy atom. The number of carbonyl (C=O) groups excluding carboxylic acids is 3. The number of para-hydroxylation sites is 1. The zero-order chi connectivity index (χ0) is 24.3. The van der Waals surface area contributed by atoms with Crippen molar-refractivity contribution >= 4 is 29.0 Å². The zero-order valence-corrected chi connectivity index (χ0v) is 19.9. The van der Waals surface area contributed by atoms with Crippen LogP contribution in [0.4, 0.5) is 11.4 Å². The number of unbranched alkanes of at least 4 members (excludes halogenated alkanes) is 3. The first kappa shape index (κ1) is 24.9. The fourth-order valence-electron chi connectivity index (χ4n) is 3.82. The Labute approximate surface area is 202 Å². The number of Topliss-reactive ketones (excluding diaryl/α,β-unsaturated/α-hetero) is 1. The highest BCUT2D eigenvalue weighted by Gasteiger charge is 2.20. The number of ketones is 1. The third-order valence-electron chi connectivity index (χ3n) is 5.73. The van der Waals surface area contributed by atoms with Crippen LogP contribution in [0.15, 0.2) is 84.9 Å². The third-order valence-corrected chi connectivity index (χ3v) is 5.73. The van der Waals surface area contributed by atoms with Crippen LogP contribution in [0, 0.1) is 0 Å². The molecular formula is C29H32N2O3. The van der Waals surface area contributed by atoms with Gasteiger partial charge >= 0.3 is 0 Å². The van der Waals surface area contributed by atoms with Crippen LogP contribution in [0.3, 0.4) is 0 Å². The zero-order valence-electron chi connectivity index (χ0n) is 19.9. The molecule has 0 spiro atoms. The molecule has 0 heterocycles. The quantitative estimate of drug-likeness (QED) is 0.319. The lowest BCUT2D eigenvalue weighted by Crippen LogP contribution is -2.28. The fourth-order valence-corrected chi connectivity index (χ4v) is 3.82. The van der Waals surface area contributed by atoms with Gasteiger partial charge in [0.2, 0.25) is 0 Å². The van der Waals surface area contributed by atoms with Crippen molar-refractivity contribution in [1.29, 1.82) is 0 Å². The topological polar surface area (TPSA) is 57.7 Å². The molecule has 5 nitrogen and oxygen atoms in total. The van der Waals surface area contributed by atoms with Crippen molar-refractivity contribution in [2.75, 3.05) is 18.5 Å². The summed E-state index contributed by atoms with van der Waals surface area (Å²) >= 11 is 0. The minimum absolute atomic E-state index is 0.0454. The molecule has 0 aromatic heterocycles. The second-order valence-electron chi connectivity index (χ2n) is 8.48. The van der Waals surface area contributed by atoms with E-state index in [-0.39, 0.29) is 17.6 Å². The van der Waals surface area contributed by atoms with E-state index >= 15 is 0 Å². The maximum atomic E-state index is 13.3. The van der Waals surface area contributed by atoms with Gasteiger partial charge in [0.1, 0.15) is 5.78 Å². The van der Waals surface area contributed by atoms with Gasteiger partial charge in [-0.25, -0.2) is 0 Å². The minimum atomic E-state index is -0.132. The van der Waals surface area contributed by atoms with E-state index in [9.17, 15) is 14.4 Å². The summed E-state index contributed by atoms with van der Waals surface area (Å²) in [5, 5.41) is 0. The van der Waals surface area contributed by atoms with Crippen molar-refractivity contribution in [3.8, 4) is 0 Å². The average molecular weight is 457 g/mol. The Kier molecular flexibility index (Phi) is 9.15. The third kappa shape index (κ3) is 6.88. The number of benzene rings is 3. The number of carbonyl (C=O) groups is 3. The molecule has 176 valence electrons. The van der Waals surface area contributed by atoms with Crippen LogP contribution in [0.25, 0.3) is 0 Å². The van der Waals surface area contributed by atoms with Crippen molar-refractivity contribution in [1.82, 2.24) is 4.90 Å². The van der Waals surface area contributed by atoms with Crippen molar-refractivity contribution in [3.05, 3.63) is 96.1 Å². The lowest BCUT2D eigenvalue weighted by molar-refractivity contribution is -0.117. The lowest BCUT2D eigenvalue weighted by Gasteiger charge is -2.24. The average Bonchev–Trinajstić information content (AvgIpc) is 2.87. The summed E-state index contributed by atoms with van der Waals surface area (Å²) in [6, 6.07) is 25.8. The first-order valence-electron chi connectivity index (χ1n) is 11.8. The van der Waals surface area contributed by atoms with Crippen LogP contribution in [0.2, 0.25) is 0 Å². The molecule has 0 bridgehead atoms. The molecule has 3 aromatic carbocycles. The number of nitrogens with zero attached hydrogens (tertiary/aromatic N) is 2. The molecular weight excluding hydrogens is 424 g/mol. The highest BCUT2D eigenvalue weighted by atomic mass is 16.2. The van der Waals surface area contributed by atoms with Gasteiger partial charge < -0.3 is 9.69 Å². The second-order valence-corrected chi connectivity index (χ2v) is 8.48. The SMILES string of the molecule is CC(=O)CCCCCCN(C)C(=O)c1ccc(N(C(=O)c2ccccc2)c2ccccc2)cc1. The number of amides is 2. The highest BCUT2D eigenvalue weighted by molar-refractivity contribution is 6.11. The summed E-state index contributed by atoms with van der Waals surface area (Å²) < 4.78 is 0. The molecule has 2 amide bonds. The molecule has 5 heteroatoms. The predicted molar refractivity (Wildman–Crippen MR) is 137 cm³/mol. The molecule has 0 N–H and O–H groups in total. The van der Waals surface area contributed by atoms with Crippen molar-refractivity contribution in [2.24, 2.45) is 0 Å². The maximum absolute atomic E-state index is 13.3. The fraction of sp³-hybridized carbons (Fsp3) is 0.276. The summed E-state index contributed by atoms with van der Waals surface area (Å²) in [5.41, 5.74) is 2.64. The van der Waals surface area contributed by atoms with E-state index < -0.39 is 0 Å². The van der Waals surface area contributed by atoms with Crippen LogP contribution in [0.1, 0.15) is 59.7 Å². The first-order chi connectivity index (χ1) is 16.5. The van der Waals surface area contributed by atoms with Crippen LogP contribution >= 0.6 is 0 Å². The van der Waals surface area contributed by atoms with Crippen LogP contribution in [-0.2, 0) is 4.79 Å². The normalized spacial score (nSPS) is 10.5. The lowest BCUT2D eigenvalue weighted by atomic mass is 10.1. The maximum Gasteiger partial charge on any atom is 0.262 e. The Bertz CT molecular complexity index is 1080. The summed E-state index contributed by atoms with van der Waals surface area (Å²) in [5.74, 6) is 0.0516. The Morgan fingerprint density at radius 3 is 1.76 bits per heavy atom. The number of anilines is 2. The van der Waals surface area contributed by atoms with Gasteiger partial charge in [-0.15, -0.1) is 0 Å².